The Labute approximate surface area is 133 Å². The van der Waals surface area contributed by atoms with Gasteiger partial charge in [-0.05, 0) is 47.7 Å². The van der Waals surface area contributed by atoms with Crippen molar-refractivity contribution in [3.8, 4) is 0 Å². The molecule has 6 nitrogen and oxygen atoms in total. The number of ether oxygens (including phenoxy) is 3. The van der Waals surface area contributed by atoms with Crippen LogP contribution in [0.3, 0.4) is 0 Å². The lowest BCUT2D eigenvalue weighted by molar-refractivity contribution is -0.162. The van der Waals surface area contributed by atoms with Crippen LogP contribution in [-0.2, 0) is 23.8 Å². The largest absolute Gasteiger partial charge is 0.469 e. The minimum Gasteiger partial charge on any atom is -0.469 e. The maximum Gasteiger partial charge on any atom is 0.309 e. The number of esters is 2. The summed E-state index contributed by atoms with van der Waals surface area (Å²) in [6, 6.07) is 0. The minimum atomic E-state index is -0.551. The van der Waals surface area contributed by atoms with Crippen LogP contribution in [-0.4, -0.2) is 62.4 Å². The summed E-state index contributed by atoms with van der Waals surface area (Å²) in [6.07, 6.45) is 1.41. The van der Waals surface area contributed by atoms with Crippen LogP contribution in [0, 0.1) is 5.92 Å². The fourth-order valence-corrected chi connectivity index (χ4v) is 2.46. The summed E-state index contributed by atoms with van der Waals surface area (Å²) in [5, 5.41) is 0. The van der Waals surface area contributed by atoms with Crippen LogP contribution in [0.15, 0.2) is 0 Å². The summed E-state index contributed by atoms with van der Waals surface area (Å²) in [6.45, 7) is 6.74. The number of likely N-dealkylation sites (N-methyl/N-ethyl adjacent to an activating group) is 1. The Kier molecular flexibility index (Phi) is 6.38. The van der Waals surface area contributed by atoms with E-state index in [4.69, 9.17) is 14.2 Å². The Balaban J connectivity index is 2.61. The van der Waals surface area contributed by atoms with E-state index in [0.29, 0.717) is 19.6 Å². The van der Waals surface area contributed by atoms with Crippen molar-refractivity contribution in [3.05, 3.63) is 0 Å². The van der Waals surface area contributed by atoms with Gasteiger partial charge in [-0.3, -0.25) is 14.5 Å². The normalized spacial score (nSPS) is 18.5. The van der Waals surface area contributed by atoms with E-state index in [0.717, 1.165) is 6.42 Å². The number of carbonyl (C=O) groups excluding carboxylic acids is 2. The number of nitrogens with zero attached hydrogens (tertiary/aromatic N) is 1. The van der Waals surface area contributed by atoms with Crippen molar-refractivity contribution in [2.75, 3.05) is 34.4 Å². The molecule has 1 atom stereocenters. The van der Waals surface area contributed by atoms with Gasteiger partial charge in [-0.2, -0.15) is 0 Å². The van der Waals surface area contributed by atoms with Gasteiger partial charge in [0.05, 0.1) is 38.2 Å². The molecule has 1 fully saturated rings. The van der Waals surface area contributed by atoms with E-state index in [1.54, 1.807) is 0 Å². The second-order valence-electron chi connectivity index (χ2n) is 7.16. The van der Waals surface area contributed by atoms with Crippen LogP contribution in [0.2, 0.25) is 0 Å². The highest BCUT2D eigenvalue weighted by molar-refractivity contribution is 5.80. The number of hydrogen-bond donors (Lipinski definition) is 0. The van der Waals surface area contributed by atoms with E-state index in [-0.39, 0.29) is 23.9 Å². The van der Waals surface area contributed by atoms with Crippen molar-refractivity contribution in [1.82, 2.24) is 4.90 Å². The third-order valence-corrected chi connectivity index (χ3v) is 4.02. The average Bonchev–Trinajstić information content (AvgIpc) is 2.32. The third-order valence-electron chi connectivity index (χ3n) is 4.02. The first-order chi connectivity index (χ1) is 10.1. The molecule has 0 aromatic heterocycles. The molecule has 0 aromatic carbocycles. The summed E-state index contributed by atoms with van der Waals surface area (Å²) in [7, 11) is 5.35. The molecular weight excluding hydrogens is 286 g/mol. The van der Waals surface area contributed by atoms with E-state index < -0.39 is 11.5 Å². The van der Waals surface area contributed by atoms with Gasteiger partial charge in [0.25, 0.3) is 0 Å². The predicted octanol–water partition coefficient (Wildman–Crippen LogP) is 1.62. The first kappa shape index (κ1) is 18.9. The smallest absolute Gasteiger partial charge is 0.309 e. The van der Waals surface area contributed by atoms with E-state index in [1.807, 2.05) is 34.9 Å². The molecule has 1 heterocycles. The number of hydrogen-bond acceptors (Lipinski definition) is 6. The lowest BCUT2D eigenvalue weighted by Crippen LogP contribution is -2.59. The maximum absolute atomic E-state index is 12.0. The Morgan fingerprint density at radius 1 is 1.27 bits per heavy atom. The van der Waals surface area contributed by atoms with Crippen LogP contribution >= 0.6 is 0 Å². The van der Waals surface area contributed by atoms with Gasteiger partial charge < -0.3 is 14.2 Å². The second kappa shape index (κ2) is 7.42. The Morgan fingerprint density at radius 3 is 2.23 bits per heavy atom. The average molecular weight is 315 g/mol. The minimum absolute atomic E-state index is 0.0415. The predicted molar refractivity (Wildman–Crippen MR) is 82.4 cm³/mol. The zero-order chi connectivity index (χ0) is 17.0. The van der Waals surface area contributed by atoms with Gasteiger partial charge in [-0.15, -0.1) is 0 Å². The van der Waals surface area contributed by atoms with Crippen molar-refractivity contribution in [1.29, 1.82) is 0 Å². The highest BCUT2D eigenvalue weighted by Gasteiger charge is 2.41. The van der Waals surface area contributed by atoms with Gasteiger partial charge in [0, 0.05) is 0 Å². The lowest BCUT2D eigenvalue weighted by atomic mass is 9.85. The molecule has 0 spiro atoms. The Bertz CT molecular complexity index is 396. The van der Waals surface area contributed by atoms with E-state index in [2.05, 4.69) is 4.90 Å². The maximum atomic E-state index is 12.0. The van der Waals surface area contributed by atoms with Crippen molar-refractivity contribution >= 4 is 11.9 Å². The molecule has 22 heavy (non-hydrogen) atoms. The fourth-order valence-electron chi connectivity index (χ4n) is 2.46. The standard InChI is InChI=1S/C16H29NO5/c1-15(2,3)22-13(18)9-12(14(19)20-6)7-8-16(17(4)5)10-21-11-16/h12H,7-11H2,1-6H3. The van der Waals surface area contributed by atoms with Gasteiger partial charge in [0.15, 0.2) is 0 Å². The van der Waals surface area contributed by atoms with Crippen molar-refractivity contribution in [2.24, 2.45) is 5.92 Å². The molecule has 0 radical (unpaired) electrons. The van der Waals surface area contributed by atoms with Crippen LogP contribution in [0.1, 0.15) is 40.0 Å². The third kappa shape index (κ3) is 5.25. The zero-order valence-corrected chi connectivity index (χ0v) is 14.6. The molecule has 0 aliphatic carbocycles. The molecule has 1 aliphatic heterocycles. The highest BCUT2D eigenvalue weighted by atomic mass is 16.6. The molecule has 0 saturated carbocycles. The summed E-state index contributed by atoms with van der Waals surface area (Å²) < 4.78 is 15.4. The molecule has 0 bridgehead atoms. The van der Waals surface area contributed by atoms with Crippen LogP contribution in [0.25, 0.3) is 0 Å². The molecule has 1 unspecified atom stereocenters. The number of methoxy groups -OCH3 is 1. The van der Waals surface area contributed by atoms with Gasteiger partial charge >= 0.3 is 11.9 Å². The Hall–Kier alpha value is -1.14. The number of rotatable bonds is 7. The molecule has 1 aliphatic rings. The summed E-state index contributed by atoms with van der Waals surface area (Å²) in [5.74, 6) is -1.20. The Morgan fingerprint density at radius 2 is 1.86 bits per heavy atom. The topological polar surface area (TPSA) is 65.1 Å². The van der Waals surface area contributed by atoms with E-state index in [9.17, 15) is 9.59 Å². The van der Waals surface area contributed by atoms with Gasteiger partial charge in [-0.1, -0.05) is 0 Å². The van der Waals surface area contributed by atoms with Gasteiger partial charge in [0.1, 0.15) is 5.60 Å². The van der Waals surface area contributed by atoms with Crippen molar-refractivity contribution < 1.29 is 23.8 Å². The molecular formula is C16H29NO5. The van der Waals surface area contributed by atoms with Crippen LogP contribution in [0.4, 0.5) is 0 Å². The van der Waals surface area contributed by atoms with Crippen LogP contribution < -0.4 is 0 Å². The molecule has 128 valence electrons. The molecule has 0 aromatic rings. The van der Waals surface area contributed by atoms with Crippen molar-refractivity contribution in [2.45, 2.75) is 51.2 Å². The molecule has 1 rings (SSSR count). The highest BCUT2D eigenvalue weighted by Crippen LogP contribution is 2.31. The summed E-state index contributed by atoms with van der Waals surface area (Å²) in [5.41, 5.74) is -0.593. The second-order valence-corrected chi connectivity index (χ2v) is 7.16. The summed E-state index contributed by atoms with van der Waals surface area (Å²) in [4.78, 5) is 26.0. The lowest BCUT2D eigenvalue weighted by Gasteiger charge is -2.47. The van der Waals surface area contributed by atoms with Crippen molar-refractivity contribution in [3.63, 3.8) is 0 Å². The first-order valence-corrected chi connectivity index (χ1v) is 7.64. The SMILES string of the molecule is COC(=O)C(CCC1(N(C)C)COC1)CC(=O)OC(C)(C)C. The fraction of sp³-hybridized carbons (Fsp3) is 0.875. The summed E-state index contributed by atoms with van der Waals surface area (Å²) >= 11 is 0. The van der Waals surface area contributed by atoms with E-state index in [1.165, 1.54) is 7.11 Å². The van der Waals surface area contributed by atoms with E-state index >= 15 is 0 Å². The van der Waals surface area contributed by atoms with Gasteiger partial charge in [-0.25, -0.2) is 0 Å². The first-order valence-electron chi connectivity index (χ1n) is 7.64. The zero-order valence-electron chi connectivity index (χ0n) is 14.6. The number of carbonyl (C=O) groups is 2. The monoisotopic (exact) mass is 315 g/mol. The quantitative estimate of drug-likeness (QED) is 0.665. The van der Waals surface area contributed by atoms with Crippen LogP contribution in [0.5, 0.6) is 0 Å². The van der Waals surface area contributed by atoms with Gasteiger partial charge in [0.2, 0.25) is 0 Å². The molecule has 1 saturated heterocycles. The molecule has 0 amide bonds. The molecule has 0 N–H and O–H groups in total. The molecule has 6 heteroatoms.